The summed E-state index contributed by atoms with van der Waals surface area (Å²) < 4.78 is 5.57. The van der Waals surface area contributed by atoms with Crippen molar-refractivity contribution < 1.29 is 14.3 Å². The van der Waals surface area contributed by atoms with Crippen molar-refractivity contribution in [1.29, 1.82) is 0 Å². The zero-order chi connectivity index (χ0) is 18.7. The lowest BCUT2D eigenvalue weighted by atomic mass is 9.44. The third-order valence-corrected chi connectivity index (χ3v) is 9.44. The zero-order valence-corrected chi connectivity index (χ0v) is 17.1. The number of rotatable bonds is 2. The van der Waals surface area contributed by atoms with Gasteiger partial charge in [-0.15, -0.1) is 0 Å². The normalized spacial score (nSPS) is 50.3. The average Bonchev–Trinajstić information content (AvgIpc) is 2.92. The molecule has 0 aromatic rings. The van der Waals surface area contributed by atoms with Gasteiger partial charge < -0.3 is 4.74 Å². The van der Waals surface area contributed by atoms with Crippen molar-refractivity contribution in [1.82, 2.24) is 0 Å². The molecule has 4 rings (SSSR count). The van der Waals surface area contributed by atoms with E-state index < -0.39 is 0 Å². The van der Waals surface area contributed by atoms with Gasteiger partial charge >= 0.3 is 5.97 Å². The highest BCUT2D eigenvalue weighted by Crippen LogP contribution is 2.67. The molecule has 26 heavy (non-hydrogen) atoms. The topological polar surface area (TPSA) is 43.4 Å². The van der Waals surface area contributed by atoms with E-state index in [0.29, 0.717) is 23.0 Å². The summed E-state index contributed by atoms with van der Waals surface area (Å²) in [5.41, 5.74) is 0.667. The van der Waals surface area contributed by atoms with E-state index in [4.69, 9.17) is 4.74 Å². The van der Waals surface area contributed by atoms with Gasteiger partial charge in [0.1, 0.15) is 11.9 Å². The summed E-state index contributed by atoms with van der Waals surface area (Å²) in [5.74, 6) is 3.68. The minimum atomic E-state index is -0.123. The van der Waals surface area contributed by atoms with Crippen molar-refractivity contribution >= 4 is 11.8 Å². The lowest BCUT2D eigenvalue weighted by molar-refractivity contribution is -0.161. The molecule has 4 fully saturated rings. The molecule has 2 unspecified atom stereocenters. The summed E-state index contributed by atoms with van der Waals surface area (Å²) in [6.07, 6.45) is 11.0. The van der Waals surface area contributed by atoms with Gasteiger partial charge in [-0.05, 0) is 99.2 Å². The summed E-state index contributed by atoms with van der Waals surface area (Å²) >= 11 is 0. The van der Waals surface area contributed by atoms with E-state index in [2.05, 4.69) is 13.8 Å². The fourth-order valence-electron chi connectivity index (χ4n) is 8.23. The summed E-state index contributed by atoms with van der Waals surface area (Å²) in [6.45, 7) is 8.33. The van der Waals surface area contributed by atoms with Gasteiger partial charge in [-0.1, -0.05) is 13.8 Å². The largest absolute Gasteiger partial charge is 0.463 e. The van der Waals surface area contributed by atoms with Gasteiger partial charge in [-0.2, -0.15) is 0 Å². The third-order valence-electron chi connectivity index (χ3n) is 9.44. The predicted molar refractivity (Wildman–Crippen MR) is 101 cm³/mol. The van der Waals surface area contributed by atoms with E-state index in [1.54, 1.807) is 0 Å². The standard InChI is InChI=1S/C23H36O3/c1-14(24)19-7-8-20-18-6-5-16-13-17(26-15(2)25)9-11-22(16,3)21(18)10-12-23(19,20)4/h16-21H,5-13H2,1-4H3/t16?,17?,18-,19+,20-,21-,22-,23+/m0/s1. The minimum absolute atomic E-state index is 0.123. The van der Waals surface area contributed by atoms with Crippen LogP contribution >= 0.6 is 0 Å². The first-order valence-electron chi connectivity index (χ1n) is 10.9. The van der Waals surface area contributed by atoms with Crippen LogP contribution < -0.4 is 0 Å². The van der Waals surface area contributed by atoms with Crippen molar-refractivity contribution in [3.8, 4) is 0 Å². The van der Waals surface area contributed by atoms with Crippen molar-refractivity contribution in [3.63, 3.8) is 0 Å². The van der Waals surface area contributed by atoms with E-state index >= 15 is 0 Å². The molecule has 146 valence electrons. The van der Waals surface area contributed by atoms with Crippen LogP contribution in [0.15, 0.2) is 0 Å². The Kier molecular flexibility index (Phi) is 4.51. The van der Waals surface area contributed by atoms with E-state index in [-0.39, 0.29) is 17.5 Å². The fraction of sp³-hybridized carbons (Fsp3) is 0.913. The van der Waals surface area contributed by atoms with Gasteiger partial charge in [0, 0.05) is 12.8 Å². The molecule has 0 heterocycles. The lowest BCUT2D eigenvalue weighted by Crippen LogP contribution is -2.54. The number of esters is 1. The number of ether oxygens (including phenoxy) is 1. The molecule has 0 bridgehead atoms. The van der Waals surface area contributed by atoms with E-state index in [1.807, 2.05) is 6.92 Å². The lowest BCUT2D eigenvalue weighted by Gasteiger charge is -2.61. The van der Waals surface area contributed by atoms with Crippen LogP contribution in [0.25, 0.3) is 0 Å². The summed E-state index contributed by atoms with van der Waals surface area (Å²) in [6, 6.07) is 0. The van der Waals surface area contributed by atoms with Crippen molar-refractivity contribution in [2.45, 2.75) is 91.6 Å². The van der Waals surface area contributed by atoms with Crippen LogP contribution in [0.4, 0.5) is 0 Å². The third kappa shape index (κ3) is 2.67. The maximum absolute atomic E-state index is 12.2. The highest BCUT2D eigenvalue weighted by atomic mass is 16.5. The molecule has 0 radical (unpaired) electrons. The van der Waals surface area contributed by atoms with E-state index in [0.717, 1.165) is 37.0 Å². The minimum Gasteiger partial charge on any atom is -0.463 e. The maximum atomic E-state index is 12.2. The number of fused-ring (bicyclic) bond motifs is 5. The first kappa shape index (κ1) is 18.5. The molecule has 0 spiro atoms. The summed E-state index contributed by atoms with van der Waals surface area (Å²) in [7, 11) is 0. The number of carbonyl (C=O) groups is 2. The Bertz CT molecular complexity index is 598. The van der Waals surface area contributed by atoms with Gasteiger partial charge in [0.05, 0.1) is 0 Å². The second-order valence-corrected chi connectivity index (χ2v) is 10.4. The monoisotopic (exact) mass is 360 g/mol. The van der Waals surface area contributed by atoms with Crippen LogP contribution in [0.1, 0.15) is 85.5 Å². The Morgan fingerprint density at radius 1 is 0.846 bits per heavy atom. The average molecular weight is 361 g/mol. The molecule has 3 nitrogen and oxygen atoms in total. The van der Waals surface area contributed by atoms with Crippen molar-refractivity contribution in [2.75, 3.05) is 0 Å². The molecule has 0 saturated heterocycles. The molecule has 3 heteroatoms. The van der Waals surface area contributed by atoms with Crippen LogP contribution in [-0.4, -0.2) is 17.9 Å². The van der Waals surface area contributed by atoms with Crippen LogP contribution in [0.3, 0.4) is 0 Å². The number of Topliss-reactive ketones (excluding diaryl/α,β-unsaturated/α-hetero) is 1. The Hall–Kier alpha value is -0.860. The molecule has 4 aliphatic rings. The molecule has 0 aromatic heterocycles. The number of ketones is 1. The van der Waals surface area contributed by atoms with Crippen LogP contribution in [0.5, 0.6) is 0 Å². The molecule has 0 aliphatic heterocycles. The van der Waals surface area contributed by atoms with Crippen LogP contribution in [0, 0.1) is 40.4 Å². The van der Waals surface area contributed by atoms with Gasteiger partial charge in [0.15, 0.2) is 0 Å². The first-order chi connectivity index (χ1) is 12.3. The Morgan fingerprint density at radius 2 is 1.54 bits per heavy atom. The molecule has 4 saturated carbocycles. The maximum Gasteiger partial charge on any atom is 0.302 e. The highest BCUT2D eigenvalue weighted by molar-refractivity contribution is 5.79. The van der Waals surface area contributed by atoms with E-state index in [1.165, 1.54) is 45.4 Å². The number of hydrogen-bond donors (Lipinski definition) is 0. The van der Waals surface area contributed by atoms with Crippen molar-refractivity contribution in [2.24, 2.45) is 40.4 Å². The molecule has 0 N–H and O–H groups in total. The Balaban J connectivity index is 1.54. The molecule has 0 aromatic carbocycles. The Morgan fingerprint density at radius 3 is 2.23 bits per heavy atom. The Labute approximate surface area is 158 Å². The molecular formula is C23H36O3. The molecular weight excluding hydrogens is 324 g/mol. The first-order valence-corrected chi connectivity index (χ1v) is 10.9. The summed E-state index contributed by atoms with van der Waals surface area (Å²) in [5, 5.41) is 0. The fourth-order valence-corrected chi connectivity index (χ4v) is 8.23. The quantitative estimate of drug-likeness (QED) is 0.638. The van der Waals surface area contributed by atoms with Gasteiger partial charge in [0.25, 0.3) is 0 Å². The second kappa shape index (κ2) is 6.34. The predicted octanol–water partition coefficient (Wildman–Crippen LogP) is 5.17. The smallest absolute Gasteiger partial charge is 0.302 e. The molecule has 0 amide bonds. The number of carbonyl (C=O) groups excluding carboxylic acids is 2. The van der Waals surface area contributed by atoms with Gasteiger partial charge in [0.2, 0.25) is 0 Å². The van der Waals surface area contributed by atoms with Gasteiger partial charge in [-0.3, -0.25) is 9.59 Å². The van der Waals surface area contributed by atoms with E-state index in [9.17, 15) is 9.59 Å². The SMILES string of the molecule is CC(=O)OC1CC[C@@]2(C)C(CC[C@H]3[C@@H]4CC[C@H](C(C)=O)[C@@]4(C)CC[C@@H]32)C1. The van der Waals surface area contributed by atoms with Crippen LogP contribution in [0.2, 0.25) is 0 Å². The molecule has 8 atom stereocenters. The highest BCUT2D eigenvalue weighted by Gasteiger charge is 2.60. The zero-order valence-electron chi connectivity index (χ0n) is 17.1. The number of hydrogen-bond acceptors (Lipinski definition) is 3. The second-order valence-electron chi connectivity index (χ2n) is 10.4. The summed E-state index contributed by atoms with van der Waals surface area (Å²) in [4.78, 5) is 23.6. The molecule has 4 aliphatic carbocycles. The van der Waals surface area contributed by atoms with Gasteiger partial charge in [-0.25, -0.2) is 0 Å². The van der Waals surface area contributed by atoms with Crippen LogP contribution in [-0.2, 0) is 14.3 Å². The van der Waals surface area contributed by atoms with Crippen molar-refractivity contribution in [3.05, 3.63) is 0 Å².